The second kappa shape index (κ2) is 19.2. The summed E-state index contributed by atoms with van der Waals surface area (Å²) in [6.07, 6.45) is -109. The minimum Gasteiger partial charge on any atom is -0.462 e. The predicted octanol–water partition coefficient (Wildman–Crippen LogP) is 15.0. The van der Waals surface area contributed by atoms with E-state index in [4.69, 9.17) is 0 Å². The van der Waals surface area contributed by atoms with Crippen LogP contribution in [0.25, 0.3) is 0 Å². The second-order valence-electron chi connectivity index (χ2n) is 12.9. The van der Waals surface area contributed by atoms with E-state index in [9.17, 15) is 202 Å². The van der Waals surface area contributed by atoms with Crippen molar-refractivity contribution in [1.29, 1.82) is 0 Å². The Morgan fingerprint density at radius 1 is 0.237 bits per heavy atom. The van der Waals surface area contributed by atoms with Gasteiger partial charge >= 0.3 is 133 Å². The Bertz CT molecular complexity index is 2050. The maximum Gasteiger partial charge on any atom is 0.462 e. The topological polar surface area (TPSA) is 55.4 Å². The monoisotopic (exact) mass is 1260 g/mol. The molecule has 456 valence electrons. The molecule has 6 nitrogen and oxygen atoms in total. The lowest BCUT2D eigenvalue weighted by molar-refractivity contribution is -0.600. The number of alkyl halides is 44. The Labute approximate surface area is 377 Å². The van der Waals surface area contributed by atoms with Gasteiger partial charge in [0.2, 0.25) is 5.83 Å². The molecule has 0 saturated carbocycles. The molecule has 0 bridgehead atoms. The molecule has 0 saturated heterocycles. The van der Waals surface area contributed by atoms with Gasteiger partial charge in [-0.2, -0.15) is 202 Å². The van der Waals surface area contributed by atoms with Crippen molar-refractivity contribution in [3.05, 3.63) is 11.8 Å². The molecule has 0 aromatic rings. The summed E-state index contributed by atoms with van der Waals surface area (Å²) >= 11 is 0. The molecule has 0 aliphatic rings. The van der Waals surface area contributed by atoms with E-state index in [0.29, 0.717) is 18.9 Å². The van der Waals surface area contributed by atoms with Crippen molar-refractivity contribution in [2.45, 2.75) is 127 Å². The van der Waals surface area contributed by atoms with Crippen LogP contribution in [0, 0.1) is 0 Å². The third-order valence-corrected chi connectivity index (χ3v) is 7.44. The third kappa shape index (κ3) is 11.9. The highest BCUT2D eigenvalue weighted by atomic mass is 19.5. The molecule has 5 unspecified atom stereocenters. The number of hydrogen-bond donors (Lipinski definition) is 0. The fourth-order valence-electron chi connectivity index (χ4n) is 3.56. The van der Waals surface area contributed by atoms with E-state index >= 15 is 0 Å². The maximum atomic E-state index is 14.8. The molecular formula is C24H2F46O6. The van der Waals surface area contributed by atoms with Crippen LogP contribution < -0.4 is 0 Å². The van der Waals surface area contributed by atoms with E-state index in [-0.39, 0.29) is 0 Å². The SMILES string of the molecule is F/C(OCC(F)(OC(F)(F)C(F)(OC(F)(F)C(F)(OC(F)(F)C(F)(OC(F)(F)C(F)(OC(F)(F)C(F)(F)C(F)(F)F)C(F)(F)F)C(F)(F)F)C(F)(F)F)C(F)(F)F)C(F)(F)F)=C(\F)C(F)(F)C(F)(F)C(F)(F)C(F)(F)F. The normalized spacial score (nSPS) is 20.2. The molecular weight excluding hydrogens is 1260 g/mol. The Kier molecular flexibility index (Phi) is 18.2. The molecule has 0 rings (SSSR count). The van der Waals surface area contributed by atoms with Crippen LogP contribution in [0.1, 0.15) is 0 Å². The Morgan fingerprint density at radius 2 is 0.461 bits per heavy atom. The van der Waals surface area contributed by atoms with Crippen LogP contribution in [0.15, 0.2) is 11.8 Å². The zero-order valence-electron chi connectivity index (χ0n) is 32.0. The summed E-state index contributed by atoms with van der Waals surface area (Å²) in [7, 11) is 0. The van der Waals surface area contributed by atoms with Gasteiger partial charge in [0.05, 0.1) is 0 Å². The minimum atomic E-state index is -9.87. The first kappa shape index (κ1) is 72.1. The Morgan fingerprint density at radius 3 is 0.671 bits per heavy atom. The fourth-order valence-corrected chi connectivity index (χ4v) is 3.56. The highest BCUT2D eigenvalue weighted by molar-refractivity contribution is 5.16. The molecule has 0 aliphatic carbocycles. The summed E-state index contributed by atoms with van der Waals surface area (Å²) in [6.45, 7) is -5.01. The van der Waals surface area contributed by atoms with Crippen molar-refractivity contribution >= 4 is 0 Å². The first-order valence-corrected chi connectivity index (χ1v) is 15.6. The molecule has 0 amide bonds. The molecule has 52 heteroatoms. The van der Waals surface area contributed by atoms with Crippen molar-refractivity contribution in [2.24, 2.45) is 0 Å². The summed E-state index contributed by atoms with van der Waals surface area (Å²) in [5, 5.41) is 0. The quantitative estimate of drug-likeness (QED) is 0.0843. The van der Waals surface area contributed by atoms with E-state index in [1.165, 1.54) is 4.74 Å². The average molecular weight is 1260 g/mol. The number of hydrogen-bond acceptors (Lipinski definition) is 6. The zero-order chi connectivity index (χ0) is 62.6. The lowest BCUT2D eigenvalue weighted by Gasteiger charge is -2.44. The van der Waals surface area contributed by atoms with Crippen LogP contribution in [0.2, 0.25) is 0 Å². The average Bonchev–Trinajstić information content (AvgIpc) is 3.11. The smallest absolute Gasteiger partial charge is 0.462 e. The van der Waals surface area contributed by atoms with Crippen LogP contribution >= 0.6 is 0 Å². The van der Waals surface area contributed by atoms with Crippen LogP contribution in [0.4, 0.5) is 202 Å². The highest BCUT2D eigenvalue weighted by Crippen LogP contribution is 2.63. The van der Waals surface area contributed by atoms with Crippen LogP contribution in [0.5, 0.6) is 0 Å². The van der Waals surface area contributed by atoms with E-state index in [1.54, 1.807) is 0 Å². The summed E-state index contributed by atoms with van der Waals surface area (Å²) in [5.74, 6) is -86.2. The largest absolute Gasteiger partial charge is 0.462 e. The van der Waals surface area contributed by atoms with E-state index < -0.39 is 145 Å². The summed E-state index contributed by atoms with van der Waals surface area (Å²) in [6, 6.07) is -5.15. The first-order chi connectivity index (χ1) is 32.1. The van der Waals surface area contributed by atoms with Gasteiger partial charge in [-0.1, -0.05) is 0 Å². The van der Waals surface area contributed by atoms with Crippen LogP contribution in [-0.2, 0) is 28.4 Å². The molecule has 5 atom stereocenters. The lowest BCUT2D eigenvalue weighted by atomic mass is 10.0. The van der Waals surface area contributed by atoms with Gasteiger partial charge in [0.25, 0.3) is 0 Å². The van der Waals surface area contributed by atoms with Gasteiger partial charge in [0, 0.05) is 0 Å². The van der Waals surface area contributed by atoms with Crippen LogP contribution in [0.3, 0.4) is 0 Å². The van der Waals surface area contributed by atoms with E-state index in [1.807, 2.05) is 4.74 Å². The molecule has 0 heterocycles. The van der Waals surface area contributed by atoms with Gasteiger partial charge in [0.1, 0.15) is 0 Å². The fraction of sp³-hybridized carbons (Fsp3) is 0.917. The van der Waals surface area contributed by atoms with Gasteiger partial charge in [-0.05, 0) is 0 Å². The number of halogens is 46. The van der Waals surface area contributed by atoms with Crippen molar-refractivity contribution in [1.82, 2.24) is 0 Å². The van der Waals surface area contributed by atoms with Gasteiger partial charge in [-0.15, -0.1) is 0 Å². The summed E-state index contributed by atoms with van der Waals surface area (Å²) in [4.78, 5) is 0. The molecule has 0 fully saturated rings. The zero-order valence-corrected chi connectivity index (χ0v) is 32.0. The Balaban J connectivity index is 8.08. The molecule has 0 aromatic carbocycles. The van der Waals surface area contributed by atoms with Gasteiger partial charge < -0.3 is 4.74 Å². The van der Waals surface area contributed by atoms with Gasteiger partial charge in [0.15, 0.2) is 6.61 Å². The van der Waals surface area contributed by atoms with Crippen molar-refractivity contribution in [2.75, 3.05) is 6.61 Å². The Hall–Kier alpha value is -3.88. The number of allylic oxidation sites excluding steroid dienone is 1. The van der Waals surface area contributed by atoms with E-state index in [0.717, 1.165) is 0 Å². The van der Waals surface area contributed by atoms with Crippen molar-refractivity contribution in [3.63, 3.8) is 0 Å². The van der Waals surface area contributed by atoms with Crippen molar-refractivity contribution in [3.8, 4) is 0 Å². The maximum absolute atomic E-state index is 14.8. The van der Waals surface area contributed by atoms with E-state index in [2.05, 4.69) is 0 Å². The molecule has 76 heavy (non-hydrogen) atoms. The summed E-state index contributed by atoms with van der Waals surface area (Å²) < 4.78 is 626. The molecule has 0 N–H and O–H groups in total. The molecule has 0 radical (unpaired) electrons. The van der Waals surface area contributed by atoms with Crippen LogP contribution in [-0.4, -0.2) is 133 Å². The predicted molar refractivity (Wildman–Crippen MR) is 127 cm³/mol. The lowest BCUT2D eigenvalue weighted by Crippen LogP contribution is -2.73. The second-order valence-corrected chi connectivity index (χ2v) is 12.9. The summed E-state index contributed by atoms with van der Waals surface area (Å²) in [5.41, 5.74) is 0. The molecule has 0 aromatic heterocycles. The standard InChI is InChI=1S/C24H2F46O6/c25-2(5(28,29)6(30,31)7(32,33)14(43,44)45)3(26)71-1-4(27,13(40,41)42)72-21(63,64)9(36,16(49,50)51)74-23(67,68)11(38,18(55,56)57)76-24(69,70)12(39,19(58,59)60)75-22(65,66)10(37,17(52,53)54)73-20(61,62)8(34,35)15(46,47)48/h1H2/b3-2+. The first-order valence-electron chi connectivity index (χ1n) is 15.6. The highest BCUT2D eigenvalue weighted by Gasteiger charge is 2.92. The van der Waals surface area contributed by atoms with Crippen molar-refractivity contribution < 1.29 is 230 Å². The third-order valence-electron chi connectivity index (χ3n) is 7.44. The van der Waals surface area contributed by atoms with Gasteiger partial charge in [-0.3, -0.25) is 23.7 Å². The van der Waals surface area contributed by atoms with Gasteiger partial charge in [-0.25, -0.2) is 0 Å². The minimum absolute atomic E-state index is 0.580. The number of ether oxygens (including phenoxy) is 6. The molecule has 0 aliphatic heterocycles. The number of rotatable bonds is 21. The molecule has 0 spiro atoms.